The van der Waals surface area contributed by atoms with Crippen LogP contribution < -0.4 is 5.73 Å². The van der Waals surface area contributed by atoms with Crippen LogP contribution in [0.4, 0.5) is 0 Å². The van der Waals surface area contributed by atoms with E-state index in [4.69, 9.17) is 10.5 Å². The van der Waals surface area contributed by atoms with Crippen molar-refractivity contribution >= 4 is 5.97 Å². The molecule has 1 rings (SSSR count). The number of hydrogen-bond acceptors (Lipinski definition) is 3. The lowest BCUT2D eigenvalue weighted by Crippen LogP contribution is -2.19. The van der Waals surface area contributed by atoms with E-state index in [2.05, 4.69) is 13.8 Å². The van der Waals surface area contributed by atoms with E-state index >= 15 is 0 Å². The fourth-order valence-corrected chi connectivity index (χ4v) is 2.00. The Morgan fingerprint density at radius 2 is 1.89 bits per heavy atom. The third-order valence-electron chi connectivity index (χ3n) is 3.40. The second-order valence-corrected chi connectivity index (χ2v) is 5.75. The Bertz CT molecular complexity index is 387. The Morgan fingerprint density at radius 1 is 1.26 bits per heavy atom. The molecule has 0 bridgehead atoms. The molecule has 2 N–H and O–H groups in total. The van der Waals surface area contributed by atoms with Crippen LogP contribution in [-0.2, 0) is 9.53 Å². The maximum atomic E-state index is 11.8. The molecule has 1 aromatic carbocycles. The summed E-state index contributed by atoms with van der Waals surface area (Å²) in [4.78, 5) is 11.8. The second kappa shape index (κ2) is 7.29. The fraction of sp³-hybridized carbons (Fsp3) is 0.562. The number of nitrogens with two attached hydrogens (primary N) is 1. The standard InChI is InChI=1S/C16H25NO2/c1-13(14-7-5-4-6-8-14)19-15(18)9-10-16(2,3)11-12-17/h4-8,13H,9-12,17H2,1-3H3. The highest BCUT2D eigenvalue weighted by Gasteiger charge is 2.20. The monoisotopic (exact) mass is 263 g/mol. The summed E-state index contributed by atoms with van der Waals surface area (Å²) in [6.07, 6.45) is 2.00. The van der Waals surface area contributed by atoms with E-state index in [0.29, 0.717) is 13.0 Å². The van der Waals surface area contributed by atoms with Crippen molar-refractivity contribution < 1.29 is 9.53 Å². The van der Waals surface area contributed by atoms with E-state index in [0.717, 1.165) is 18.4 Å². The lowest BCUT2D eigenvalue weighted by atomic mass is 9.84. The number of carbonyl (C=O) groups is 1. The Kier molecular flexibility index (Phi) is 6.03. The highest BCUT2D eigenvalue weighted by atomic mass is 16.5. The van der Waals surface area contributed by atoms with Gasteiger partial charge in [-0.1, -0.05) is 44.2 Å². The molecular formula is C16H25NO2. The van der Waals surface area contributed by atoms with E-state index < -0.39 is 0 Å². The normalized spacial score (nSPS) is 13.1. The molecule has 3 nitrogen and oxygen atoms in total. The van der Waals surface area contributed by atoms with E-state index in [-0.39, 0.29) is 17.5 Å². The van der Waals surface area contributed by atoms with E-state index in [1.807, 2.05) is 37.3 Å². The smallest absolute Gasteiger partial charge is 0.306 e. The SMILES string of the molecule is CC(OC(=O)CCC(C)(C)CCN)c1ccccc1. The average Bonchev–Trinajstić information content (AvgIpc) is 2.37. The van der Waals surface area contributed by atoms with Gasteiger partial charge in [0.1, 0.15) is 6.10 Å². The minimum atomic E-state index is -0.189. The quantitative estimate of drug-likeness (QED) is 0.767. The minimum absolute atomic E-state index is 0.101. The first-order chi connectivity index (χ1) is 8.94. The summed E-state index contributed by atoms with van der Waals surface area (Å²) in [6, 6.07) is 9.79. The van der Waals surface area contributed by atoms with Crippen LogP contribution in [0.25, 0.3) is 0 Å². The molecule has 0 spiro atoms. The van der Waals surface area contributed by atoms with Crippen LogP contribution in [0.2, 0.25) is 0 Å². The molecule has 106 valence electrons. The van der Waals surface area contributed by atoms with Gasteiger partial charge in [0.15, 0.2) is 0 Å². The van der Waals surface area contributed by atoms with Crippen molar-refractivity contribution in [1.29, 1.82) is 0 Å². The third-order valence-corrected chi connectivity index (χ3v) is 3.40. The van der Waals surface area contributed by atoms with Crippen LogP contribution in [0.15, 0.2) is 30.3 Å². The van der Waals surface area contributed by atoms with Crippen LogP contribution in [0, 0.1) is 5.41 Å². The molecule has 0 heterocycles. The van der Waals surface area contributed by atoms with Crippen LogP contribution in [0.1, 0.15) is 51.7 Å². The van der Waals surface area contributed by atoms with E-state index in [1.54, 1.807) is 0 Å². The van der Waals surface area contributed by atoms with Gasteiger partial charge in [-0.3, -0.25) is 4.79 Å². The van der Waals surface area contributed by atoms with Gasteiger partial charge in [-0.25, -0.2) is 0 Å². The summed E-state index contributed by atoms with van der Waals surface area (Å²) in [5.41, 5.74) is 6.69. The molecule has 0 amide bonds. The van der Waals surface area contributed by atoms with Gasteiger partial charge in [-0.05, 0) is 37.3 Å². The average molecular weight is 263 g/mol. The number of hydrogen-bond donors (Lipinski definition) is 1. The summed E-state index contributed by atoms with van der Waals surface area (Å²) in [6.45, 7) is 6.82. The molecule has 0 aliphatic rings. The minimum Gasteiger partial charge on any atom is -0.458 e. The van der Waals surface area contributed by atoms with E-state index in [9.17, 15) is 4.79 Å². The lowest BCUT2D eigenvalue weighted by molar-refractivity contribution is -0.149. The maximum absolute atomic E-state index is 11.8. The molecule has 1 aromatic rings. The molecule has 0 radical (unpaired) electrons. The number of benzene rings is 1. The third kappa shape index (κ3) is 5.88. The van der Waals surface area contributed by atoms with Gasteiger partial charge in [0.25, 0.3) is 0 Å². The molecule has 0 fully saturated rings. The molecule has 3 heteroatoms. The van der Waals surface area contributed by atoms with Crippen molar-refractivity contribution in [2.45, 2.75) is 46.1 Å². The Labute approximate surface area is 116 Å². The zero-order chi connectivity index (χ0) is 14.3. The van der Waals surface area contributed by atoms with Gasteiger partial charge >= 0.3 is 5.97 Å². The van der Waals surface area contributed by atoms with Crippen LogP contribution in [-0.4, -0.2) is 12.5 Å². The first-order valence-electron chi connectivity index (χ1n) is 6.89. The van der Waals surface area contributed by atoms with Crippen molar-refractivity contribution in [2.24, 2.45) is 11.1 Å². The first-order valence-corrected chi connectivity index (χ1v) is 6.89. The molecule has 0 saturated carbocycles. The van der Waals surface area contributed by atoms with Gasteiger partial charge in [0.05, 0.1) is 0 Å². The Balaban J connectivity index is 2.39. The molecule has 19 heavy (non-hydrogen) atoms. The topological polar surface area (TPSA) is 52.3 Å². The predicted molar refractivity (Wildman–Crippen MR) is 77.6 cm³/mol. The Hall–Kier alpha value is -1.35. The van der Waals surface area contributed by atoms with Crippen LogP contribution in [0.5, 0.6) is 0 Å². The Morgan fingerprint density at radius 3 is 2.47 bits per heavy atom. The zero-order valence-corrected chi connectivity index (χ0v) is 12.2. The molecule has 0 saturated heterocycles. The summed E-state index contributed by atoms with van der Waals surface area (Å²) >= 11 is 0. The molecule has 0 aliphatic heterocycles. The van der Waals surface area contributed by atoms with Gasteiger partial charge in [0.2, 0.25) is 0 Å². The summed E-state index contributed by atoms with van der Waals surface area (Å²) in [7, 11) is 0. The molecule has 0 aromatic heterocycles. The van der Waals surface area contributed by atoms with Gasteiger partial charge in [-0.15, -0.1) is 0 Å². The van der Waals surface area contributed by atoms with Gasteiger partial charge in [0, 0.05) is 6.42 Å². The number of esters is 1. The molecule has 1 unspecified atom stereocenters. The van der Waals surface area contributed by atoms with Gasteiger partial charge in [-0.2, -0.15) is 0 Å². The number of rotatable bonds is 7. The summed E-state index contributed by atoms with van der Waals surface area (Å²) in [5.74, 6) is -0.138. The van der Waals surface area contributed by atoms with Crippen molar-refractivity contribution in [1.82, 2.24) is 0 Å². The first kappa shape index (κ1) is 15.7. The lowest BCUT2D eigenvalue weighted by Gasteiger charge is -2.23. The predicted octanol–water partition coefficient (Wildman–Crippen LogP) is 3.45. The summed E-state index contributed by atoms with van der Waals surface area (Å²) < 4.78 is 5.44. The molecule has 1 atom stereocenters. The second-order valence-electron chi connectivity index (χ2n) is 5.75. The van der Waals surface area contributed by atoms with Crippen molar-refractivity contribution in [3.63, 3.8) is 0 Å². The zero-order valence-electron chi connectivity index (χ0n) is 12.2. The van der Waals surface area contributed by atoms with Crippen LogP contribution in [0.3, 0.4) is 0 Å². The van der Waals surface area contributed by atoms with E-state index in [1.165, 1.54) is 0 Å². The maximum Gasteiger partial charge on any atom is 0.306 e. The highest BCUT2D eigenvalue weighted by molar-refractivity contribution is 5.69. The van der Waals surface area contributed by atoms with Crippen molar-refractivity contribution in [3.05, 3.63) is 35.9 Å². The molecule has 0 aliphatic carbocycles. The largest absolute Gasteiger partial charge is 0.458 e. The van der Waals surface area contributed by atoms with Crippen LogP contribution >= 0.6 is 0 Å². The van der Waals surface area contributed by atoms with Crippen molar-refractivity contribution in [2.75, 3.05) is 6.54 Å². The molecular weight excluding hydrogens is 238 g/mol. The highest BCUT2D eigenvalue weighted by Crippen LogP contribution is 2.27. The van der Waals surface area contributed by atoms with Crippen molar-refractivity contribution in [3.8, 4) is 0 Å². The summed E-state index contributed by atoms with van der Waals surface area (Å²) in [5, 5.41) is 0. The number of carbonyl (C=O) groups excluding carboxylic acids is 1. The van der Waals surface area contributed by atoms with Gasteiger partial charge < -0.3 is 10.5 Å². The number of ether oxygens (including phenoxy) is 1. The fourth-order valence-electron chi connectivity index (χ4n) is 2.00.